The van der Waals surface area contributed by atoms with Gasteiger partial charge in [-0.05, 0) is 24.1 Å². The van der Waals surface area contributed by atoms with Crippen molar-refractivity contribution in [3.8, 4) is 0 Å². The zero-order valence-electron chi connectivity index (χ0n) is 11.7. The second-order valence-electron chi connectivity index (χ2n) is 4.39. The van der Waals surface area contributed by atoms with E-state index in [1.807, 2.05) is 25.1 Å². The van der Waals surface area contributed by atoms with Gasteiger partial charge in [0.15, 0.2) is 0 Å². The lowest BCUT2D eigenvalue weighted by molar-refractivity contribution is -0.120. The first-order valence-electron chi connectivity index (χ1n) is 6.76. The van der Waals surface area contributed by atoms with Crippen molar-refractivity contribution in [2.45, 2.75) is 26.3 Å². The SMILES string of the molecule is CCCNC(=O)CCNC(=O)Nc1cccc(CN)c1. The molecule has 0 heterocycles. The molecule has 20 heavy (non-hydrogen) atoms. The van der Waals surface area contributed by atoms with E-state index in [0.29, 0.717) is 25.3 Å². The van der Waals surface area contributed by atoms with E-state index in [9.17, 15) is 9.59 Å². The number of hydrogen-bond donors (Lipinski definition) is 4. The highest BCUT2D eigenvalue weighted by atomic mass is 16.2. The zero-order valence-corrected chi connectivity index (χ0v) is 11.7. The van der Waals surface area contributed by atoms with E-state index < -0.39 is 0 Å². The predicted octanol–water partition coefficient (Wildman–Crippen LogP) is 1.18. The highest BCUT2D eigenvalue weighted by Gasteiger charge is 2.04. The highest BCUT2D eigenvalue weighted by Crippen LogP contribution is 2.09. The number of carbonyl (C=O) groups is 2. The fourth-order valence-electron chi connectivity index (χ4n) is 1.59. The molecule has 0 aliphatic heterocycles. The van der Waals surface area contributed by atoms with Crippen LogP contribution in [0.1, 0.15) is 25.3 Å². The molecule has 0 radical (unpaired) electrons. The van der Waals surface area contributed by atoms with Gasteiger partial charge in [0.25, 0.3) is 0 Å². The second kappa shape index (κ2) is 8.92. The van der Waals surface area contributed by atoms with Crippen LogP contribution in [0.3, 0.4) is 0 Å². The molecular weight excluding hydrogens is 256 g/mol. The number of rotatable bonds is 7. The largest absolute Gasteiger partial charge is 0.356 e. The van der Waals surface area contributed by atoms with Crippen molar-refractivity contribution in [2.75, 3.05) is 18.4 Å². The number of benzene rings is 1. The molecular formula is C14H22N4O2. The summed E-state index contributed by atoms with van der Waals surface area (Å²) in [7, 11) is 0. The van der Waals surface area contributed by atoms with Crippen LogP contribution in [-0.4, -0.2) is 25.0 Å². The van der Waals surface area contributed by atoms with Crippen molar-refractivity contribution in [2.24, 2.45) is 5.73 Å². The molecule has 0 aliphatic rings. The minimum absolute atomic E-state index is 0.0581. The maximum Gasteiger partial charge on any atom is 0.319 e. The Kier molecular flexibility index (Phi) is 7.13. The van der Waals surface area contributed by atoms with Crippen molar-refractivity contribution < 1.29 is 9.59 Å². The van der Waals surface area contributed by atoms with Crippen LogP contribution in [-0.2, 0) is 11.3 Å². The van der Waals surface area contributed by atoms with Crippen LogP contribution >= 0.6 is 0 Å². The average molecular weight is 278 g/mol. The van der Waals surface area contributed by atoms with Crippen LogP contribution in [0.5, 0.6) is 0 Å². The fraction of sp³-hybridized carbons (Fsp3) is 0.429. The van der Waals surface area contributed by atoms with Gasteiger partial charge in [-0.2, -0.15) is 0 Å². The molecule has 0 unspecified atom stereocenters. The average Bonchev–Trinajstić information content (AvgIpc) is 2.45. The summed E-state index contributed by atoms with van der Waals surface area (Å²) in [5.74, 6) is -0.0581. The van der Waals surface area contributed by atoms with Crippen LogP contribution in [0.2, 0.25) is 0 Å². The Morgan fingerprint density at radius 2 is 2.00 bits per heavy atom. The fourth-order valence-corrected chi connectivity index (χ4v) is 1.59. The van der Waals surface area contributed by atoms with Crippen molar-refractivity contribution in [3.05, 3.63) is 29.8 Å². The molecule has 1 aromatic rings. The Hall–Kier alpha value is -2.08. The molecule has 5 N–H and O–H groups in total. The number of amides is 3. The van der Waals surface area contributed by atoms with Crippen molar-refractivity contribution in [1.82, 2.24) is 10.6 Å². The minimum Gasteiger partial charge on any atom is -0.356 e. The number of carbonyl (C=O) groups excluding carboxylic acids is 2. The van der Waals surface area contributed by atoms with Gasteiger partial charge < -0.3 is 21.7 Å². The van der Waals surface area contributed by atoms with Gasteiger partial charge in [-0.3, -0.25) is 4.79 Å². The molecule has 1 aromatic carbocycles. The Labute approximate surface area is 119 Å². The van der Waals surface area contributed by atoms with Crippen LogP contribution in [0.25, 0.3) is 0 Å². The molecule has 0 spiro atoms. The lowest BCUT2D eigenvalue weighted by Gasteiger charge is -2.08. The van der Waals surface area contributed by atoms with E-state index >= 15 is 0 Å². The molecule has 110 valence electrons. The van der Waals surface area contributed by atoms with Crippen LogP contribution in [0, 0.1) is 0 Å². The van der Waals surface area contributed by atoms with Gasteiger partial charge in [0, 0.05) is 31.7 Å². The Morgan fingerprint density at radius 1 is 1.20 bits per heavy atom. The molecule has 0 saturated carbocycles. The molecule has 0 saturated heterocycles. The van der Waals surface area contributed by atoms with Gasteiger partial charge in [-0.25, -0.2) is 4.79 Å². The van der Waals surface area contributed by atoms with E-state index in [0.717, 1.165) is 12.0 Å². The maximum atomic E-state index is 11.6. The first-order chi connectivity index (χ1) is 9.65. The second-order valence-corrected chi connectivity index (χ2v) is 4.39. The van der Waals surface area contributed by atoms with Crippen molar-refractivity contribution in [3.63, 3.8) is 0 Å². The topological polar surface area (TPSA) is 96.2 Å². The molecule has 6 heteroatoms. The number of anilines is 1. The Balaban J connectivity index is 2.27. The number of hydrogen-bond acceptors (Lipinski definition) is 3. The Morgan fingerprint density at radius 3 is 2.70 bits per heavy atom. The first kappa shape index (κ1) is 16.0. The smallest absolute Gasteiger partial charge is 0.319 e. The third kappa shape index (κ3) is 6.19. The van der Waals surface area contributed by atoms with Gasteiger partial charge in [-0.15, -0.1) is 0 Å². The van der Waals surface area contributed by atoms with Crippen LogP contribution in [0.4, 0.5) is 10.5 Å². The summed E-state index contributed by atoms with van der Waals surface area (Å²) in [6.07, 6.45) is 1.17. The van der Waals surface area contributed by atoms with E-state index in [1.165, 1.54) is 0 Å². The lowest BCUT2D eigenvalue weighted by Crippen LogP contribution is -2.33. The summed E-state index contributed by atoms with van der Waals surface area (Å²) in [5.41, 5.74) is 7.16. The van der Waals surface area contributed by atoms with Crippen molar-refractivity contribution >= 4 is 17.6 Å². The molecule has 3 amide bonds. The van der Waals surface area contributed by atoms with E-state index in [4.69, 9.17) is 5.73 Å². The first-order valence-corrected chi connectivity index (χ1v) is 6.76. The molecule has 0 aliphatic carbocycles. The number of urea groups is 1. The monoisotopic (exact) mass is 278 g/mol. The van der Waals surface area contributed by atoms with Gasteiger partial charge in [-0.1, -0.05) is 19.1 Å². The summed E-state index contributed by atoms with van der Waals surface area (Å²) in [6, 6.07) is 6.99. The lowest BCUT2D eigenvalue weighted by atomic mass is 10.2. The summed E-state index contributed by atoms with van der Waals surface area (Å²) >= 11 is 0. The number of nitrogens with one attached hydrogen (secondary N) is 3. The van der Waals surface area contributed by atoms with Crippen molar-refractivity contribution in [1.29, 1.82) is 0 Å². The minimum atomic E-state index is -0.331. The Bertz CT molecular complexity index is 449. The van der Waals surface area contributed by atoms with Crippen LogP contribution in [0.15, 0.2) is 24.3 Å². The predicted molar refractivity (Wildman–Crippen MR) is 79.3 cm³/mol. The summed E-state index contributed by atoms with van der Waals surface area (Å²) in [6.45, 7) is 3.38. The van der Waals surface area contributed by atoms with Gasteiger partial charge >= 0.3 is 6.03 Å². The third-order valence-corrected chi connectivity index (χ3v) is 2.63. The number of nitrogens with two attached hydrogens (primary N) is 1. The molecule has 0 bridgehead atoms. The standard InChI is InChI=1S/C14H22N4O2/c1-2-7-16-13(19)6-8-17-14(20)18-12-5-3-4-11(9-12)10-15/h3-5,9H,2,6-8,10,15H2,1H3,(H,16,19)(H2,17,18,20). The molecule has 1 rings (SSSR count). The molecule has 0 fully saturated rings. The van der Waals surface area contributed by atoms with Crippen LogP contribution < -0.4 is 21.7 Å². The van der Waals surface area contributed by atoms with E-state index in [1.54, 1.807) is 6.07 Å². The maximum absolute atomic E-state index is 11.6. The van der Waals surface area contributed by atoms with E-state index in [2.05, 4.69) is 16.0 Å². The summed E-state index contributed by atoms with van der Waals surface area (Å²) < 4.78 is 0. The van der Waals surface area contributed by atoms with Gasteiger partial charge in [0.05, 0.1) is 0 Å². The normalized spacial score (nSPS) is 9.90. The van der Waals surface area contributed by atoms with Gasteiger partial charge in [0.1, 0.15) is 0 Å². The summed E-state index contributed by atoms with van der Waals surface area (Å²) in [4.78, 5) is 23.0. The highest BCUT2D eigenvalue weighted by molar-refractivity contribution is 5.89. The molecule has 0 atom stereocenters. The van der Waals surface area contributed by atoms with Gasteiger partial charge in [0.2, 0.25) is 5.91 Å². The molecule has 6 nitrogen and oxygen atoms in total. The summed E-state index contributed by atoms with van der Waals surface area (Å²) in [5, 5.41) is 8.08. The quantitative estimate of drug-likeness (QED) is 0.603. The third-order valence-electron chi connectivity index (χ3n) is 2.63. The van der Waals surface area contributed by atoms with E-state index in [-0.39, 0.29) is 18.4 Å². The molecule has 0 aromatic heterocycles. The zero-order chi connectivity index (χ0) is 14.8.